The van der Waals surface area contributed by atoms with Gasteiger partial charge in [0.15, 0.2) is 5.58 Å². The molecule has 1 unspecified atom stereocenters. The lowest BCUT2D eigenvalue weighted by atomic mass is 10.2. The van der Waals surface area contributed by atoms with Gasteiger partial charge in [0.25, 0.3) is 0 Å². The molecular weight excluding hydrogens is 356 g/mol. The van der Waals surface area contributed by atoms with E-state index in [2.05, 4.69) is 15.4 Å². The summed E-state index contributed by atoms with van der Waals surface area (Å²) in [5.41, 5.74) is 1.81. The number of sulfonamides is 1. The zero-order valence-corrected chi connectivity index (χ0v) is 15.0. The van der Waals surface area contributed by atoms with Crippen LogP contribution in [0.2, 0.25) is 0 Å². The third kappa shape index (κ3) is 3.40. The highest BCUT2D eigenvalue weighted by Gasteiger charge is 2.33. The number of aryl methyl sites for hydroxylation is 1. The Balaban J connectivity index is 1.44. The Hall–Kier alpha value is -2.52. The molecule has 0 bridgehead atoms. The van der Waals surface area contributed by atoms with Crippen LogP contribution in [0.5, 0.6) is 5.88 Å². The van der Waals surface area contributed by atoms with Crippen molar-refractivity contribution in [3.63, 3.8) is 0 Å². The molecule has 9 heteroatoms. The van der Waals surface area contributed by atoms with E-state index in [-0.39, 0.29) is 18.4 Å². The monoisotopic (exact) mass is 374 g/mol. The molecule has 3 aromatic rings. The first-order valence-electron chi connectivity index (χ1n) is 8.29. The first kappa shape index (κ1) is 16.9. The third-order valence-electron chi connectivity index (χ3n) is 4.33. The summed E-state index contributed by atoms with van der Waals surface area (Å²) >= 11 is 0. The molecule has 2 aromatic heterocycles. The molecule has 8 nitrogen and oxygen atoms in total. The van der Waals surface area contributed by atoms with Crippen LogP contribution in [-0.4, -0.2) is 47.3 Å². The second kappa shape index (κ2) is 6.65. The second-order valence-corrected chi connectivity index (χ2v) is 8.25. The van der Waals surface area contributed by atoms with Crippen molar-refractivity contribution in [3.8, 4) is 5.88 Å². The Morgan fingerprint density at radius 1 is 1.23 bits per heavy atom. The number of hydrogen-bond donors (Lipinski definition) is 0. The zero-order chi connectivity index (χ0) is 18.1. The van der Waals surface area contributed by atoms with E-state index in [1.807, 2.05) is 31.2 Å². The highest BCUT2D eigenvalue weighted by Crippen LogP contribution is 2.24. The summed E-state index contributed by atoms with van der Waals surface area (Å²) in [5, 5.41) is 12.5. The molecule has 26 heavy (non-hydrogen) atoms. The topological polar surface area (TPSA) is 98.4 Å². The van der Waals surface area contributed by atoms with Gasteiger partial charge >= 0.3 is 0 Å². The number of nitrogens with zero attached hydrogens (tertiary/aromatic N) is 4. The predicted octanol–water partition coefficient (Wildman–Crippen LogP) is 1.91. The Bertz CT molecular complexity index is 1020. The Morgan fingerprint density at radius 2 is 2.08 bits per heavy atom. The van der Waals surface area contributed by atoms with E-state index in [1.165, 1.54) is 4.31 Å². The third-order valence-corrected chi connectivity index (χ3v) is 6.09. The van der Waals surface area contributed by atoms with Gasteiger partial charge in [0.05, 0.1) is 12.2 Å². The first-order valence-corrected chi connectivity index (χ1v) is 9.90. The number of ether oxygens (including phenoxy) is 1. The van der Waals surface area contributed by atoms with Crippen LogP contribution < -0.4 is 4.74 Å². The zero-order valence-electron chi connectivity index (χ0n) is 14.2. The predicted molar refractivity (Wildman–Crippen MR) is 94.0 cm³/mol. The van der Waals surface area contributed by atoms with Gasteiger partial charge in [0, 0.05) is 18.0 Å². The fraction of sp³-hybridized carbons (Fsp3) is 0.353. The van der Waals surface area contributed by atoms with Crippen LogP contribution in [0.3, 0.4) is 0 Å². The lowest BCUT2D eigenvalue weighted by molar-refractivity contribution is 0.204. The molecular formula is C17H18N4O4S. The van der Waals surface area contributed by atoms with E-state index >= 15 is 0 Å². The molecule has 136 valence electrons. The van der Waals surface area contributed by atoms with Crippen molar-refractivity contribution >= 4 is 21.0 Å². The quantitative estimate of drug-likeness (QED) is 0.673. The van der Waals surface area contributed by atoms with Gasteiger partial charge in [-0.1, -0.05) is 17.3 Å². The average molecular weight is 374 g/mol. The molecule has 0 aliphatic carbocycles. The minimum atomic E-state index is -3.51. The van der Waals surface area contributed by atoms with Crippen LogP contribution >= 0.6 is 0 Å². The number of hydrogen-bond acceptors (Lipinski definition) is 7. The van der Waals surface area contributed by atoms with Gasteiger partial charge in [-0.25, -0.2) is 8.42 Å². The molecule has 0 radical (unpaired) electrons. The van der Waals surface area contributed by atoms with Gasteiger partial charge in [-0.2, -0.15) is 9.40 Å². The van der Waals surface area contributed by atoms with E-state index in [0.29, 0.717) is 30.1 Å². The maximum absolute atomic E-state index is 12.7. The van der Waals surface area contributed by atoms with Gasteiger partial charge in [-0.3, -0.25) is 0 Å². The molecule has 0 amide bonds. The van der Waals surface area contributed by atoms with Crippen molar-refractivity contribution in [1.29, 1.82) is 0 Å². The summed E-state index contributed by atoms with van der Waals surface area (Å²) in [6.07, 6.45) is 0.366. The molecule has 0 N–H and O–H groups in total. The fourth-order valence-corrected chi connectivity index (χ4v) is 4.49. The molecule has 1 fully saturated rings. The number of fused-ring (bicyclic) bond motifs is 1. The Morgan fingerprint density at radius 3 is 2.88 bits per heavy atom. The van der Waals surface area contributed by atoms with E-state index in [1.54, 1.807) is 12.1 Å². The summed E-state index contributed by atoms with van der Waals surface area (Å²) in [4.78, 5) is 0. The van der Waals surface area contributed by atoms with Crippen LogP contribution in [0.4, 0.5) is 0 Å². The van der Waals surface area contributed by atoms with Crippen LogP contribution in [-0.2, 0) is 15.8 Å². The Kier molecular flexibility index (Phi) is 4.33. The van der Waals surface area contributed by atoms with Gasteiger partial charge in [-0.05, 0) is 31.5 Å². The largest absolute Gasteiger partial charge is 0.472 e. The van der Waals surface area contributed by atoms with Crippen molar-refractivity contribution in [1.82, 2.24) is 19.7 Å². The van der Waals surface area contributed by atoms with Crippen molar-refractivity contribution < 1.29 is 17.7 Å². The molecule has 1 aliphatic heterocycles. The molecule has 0 spiro atoms. The second-order valence-electron chi connectivity index (χ2n) is 6.28. The van der Waals surface area contributed by atoms with E-state index in [9.17, 15) is 8.42 Å². The molecule has 1 aromatic carbocycles. The van der Waals surface area contributed by atoms with E-state index in [4.69, 9.17) is 9.26 Å². The number of rotatable bonds is 5. The summed E-state index contributed by atoms with van der Waals surface area (Å²) in [6, 6.07) is 10.8. The summed E-state index contributed by atoms with van der Waals surface area (Å²) in [5.74, 6) is 0.212. The van der Waals surface area contributed by atoms with Crippen LogP contribution in [0, 0.1) is 6.92 Å². The number of aromatic nitrogens is 3. The first-order chi connectivity index (χ1) is 12.5. The minimum Gasteiger partial charge on any atom is -0.472 e. The highest BCUT2D eigenvalue weighted by molar-refractivity contribution is 7.88. The van der Waals surface area contributed by atoms with Gasteiger partial charge in [0.2, 0.25) is 15.9 Å². The summed E-state index contributed by atoms with van der Waals surface area (Å²) in [6.45, 7) is 2.53. The van der Waals surface area contributed by atoms with E-state index < -0.39 is 10.0 Å². The lowest BCUT2D eigenvalue weighted by Gasteiger charge is -2.16. The molecule has 1 saturated heterocycles. The molecule has 1 aliphatic rings. The van der Waals surface area contributed by atoms with Gasteiger partial charge in [0.1, 0.15) is 17.6 Å². The van der Waals surface area contributed by atoms with Crippen molar-refractivity contribution in [3.05, 3.63) is 47.8 Å². The smallest absolute Gasteiger partial charge is 0.233 e. The maximum atomic E-state index is 12.7. The van der Waals surface area contributed by atoms with E-state index in [0.717, 1.165) is 11.1 Å². The van der Waals surface area contributed by atoms with Crippen molar-refractivity contribution in [2.45, 2.75) is 25.2 Å². The average Bonchev–Trinajstić information content (AvgIpc) is 3.25. The number of para-hydroxylation sites is 1. The van der Waals surface area contributed by atoms with Crippen LogP contribution in [0.1, 0.15) is 17.8 Å². The van der Waals surface area contributed by atoms with Gasteiger partial charge in [-0.15, -0.1) is 5.10 Å². The van der Waals surface area contributed by atoms with Crippen molar-refractivity contribution in [2.75, 3.05) is 13.1 Å². The normalized spacial score (nSPS) is 18.4. The highest BCUT2D eigenvalue weighted by atomic mass is 32.2. The lowest BCUT2D eigenvalue weighted by Crippen LogP contribution is -2.32. The maximum Gasteiger partial charge on any atom is 0.233 e. The van der Waals surface area contributed by atoms with Crippen LogP contribution in [0.25, 0.3) is 11.0 Å². The summed E-state index contributed by atoms with van der Waals surface area (Å²) < 4.78 is 37.9. The Labute approximate surface area is 150 Å². The molecule has 1 atom stereocenters. The van der Waals surface area contributed by atoms with Gasteiger partial charge < -0.3 is 9.26 Å². The number of benzene rings is 1. The minimum absolute atomic E-state index is 0.193. The van der Waals surface area contributed by atoms with Crippen molar-refractivity contribution in [2.24, 2.45) is 0 Å². The summed E-state index contributed by atoms with van der Waals surface area (Å²) in [7, 11) is -3.51. The molecule has 4 rings (SSSR count). The SMILES string of the molecule is Cc1ccc(OC2CCN(S(=O)(=O)Cc3noc4ccccc34)C2)nn1. The molecule has 0 saturated carbocycles. The fourth-order valence-electron chi connectivity index (χ4n) is 2.97. The standard InChI is InChI=1S/C17H18N4O4S/c1-12-6-7-17(19-18-12)24-13-8-9-21(10-13)26(22,23)11-15-14-4-2-3-5-16(14)25-20-15/h2-7,13H,8-11H2,1H3. The molecule has 3 heterocycles. The van der Waals surface area contributed by atoms with Crippen LogP contribution in [0.15, 0.2) is 40.9 Å².